The third-order valence-corrected chi connectivity index (χ3v) is 3.41. The molecule has 1 unspecified atom stereocenters. The topological polar surface area (TPSA) is 35.5 Å². The van der Waals surface area contributed by atoms with E-state index in [0.717, 1.165) is 31.8 Å². The molecule has 0 radical (unpaired) electrons. The van der Waals surface area contributed by atoms with Gasteiger partial charge in [0.05, 0.1) is 0 Å². The molecule has 1 aliphatic rings. The van der Waals surface area contributed by atoms with Gasteiger partial charge in [-0.1, -0.05) is 0 Å². The molecule has 0 aromatic heterocycles. The number of hydrogen-bond acceptors (Lipinski definition) is 3. The minimum atomic E-state index is 0.235. The van der Waals surface area contributed by atoms with Gasteiger partial charge in [0.2, 0.25) is 0 Å². The summed E-state index contributed by atoms with van der Waals surface area (Å²) in [6.45, 7) is 11.8. The maximum atomic E-state index is 8.79. The van der Waals surface area contributed by atoms with Gasteiger partial charge in [-0.2, -0.15) is 0 Å². The summed E-state index contributed by atoms with van der Waals surface area (Å²) >= 11 is 0. The number of unbranched alkanes of at least 4 members (excludes halogenated alkanes) is 1. The molecule has 0 saturated carbocycles. The minimum absolute atomic E-state index is 0.235. The number of nitrogens with one attached hydrogen (secondary N) is 1. The Hall–Kier alpha value is -0.120. The number of aliphatic hydroxyl groups is 1. The molecule has 1 aliphatic heterocycles. The van der Waals surface area contributed by atoms with E-state index in [1.165, 1.54) is 25.9 Å². The number of hydrogen-bond donors (Lipinski definition) is 2. The van der Waals surface area contributed by atoms with Crippen LogP contribution in [0, 0.1) is 5.92 Å². The van der Waals surface area contributed by atoms with Crippen molar-refractivity contribution in [3.63, 3.8) is 0 Å². The number of likely N-dealkylation sites (tertiary alicyclic amines) is 1. The van der Waals surface area contributed by atoms with E-state index in [4.69, 9.17) is 5.11 Å². The van der Waals surface area contributed by atoms with E-state index >= 15 is 0 Å². The molecule has 3 nitrogen and oxygen atoms in total. The van der Waals surface area contributed by atoms with Crippen molar-refractivity contribution < 1.29 is 5.11 Å². The third kappa shape index (κ3) is 7.02. The van der Waals surface area contributed by atoms with Gasteiger partial charge in [-0.3, -0.25) is 0 Å². The smallest absolute Gasteiger partial charge is 0.0431 e. The van der Waals surface area contributed by atoms with Gasteiger partial charge in [-0.05, 0) is 72.0 Å². The molecule has 1 rings (SSSR count). The summed E-state index contributed by atoms with van der Waals surface area (Å²) in [6.07, 6.45) is 4.77. The monoisotopic (exact) mass is 242 g/mol. The molecule has 1 saturated heterocycles. The fourth-order valence-corrected chi connectivity index (χ4v) is 2.42. The predicted octanol–water partition coefficient (Wildman–Crippen LogP) is 1.86. The second-order valence-electron chi connectivity index (χ2n) is 6.37. The highest BCUT2D eigenvalue weighted by atomic mass is 16.2. The van der Waals surface area contributed by atoms with Crippen molar-refractivity contribution in [2.75, 3.05) is 32.8 Å². The number of piperidine rings is 1. The zero-order valence-electron chi connectivity index (χ0n) is 11.8. The molecule has 1 heterocycles. The van der Waals surface area contributed by atoms with E-state index in [1.807, 2.05) is 0 Å². The van der Waals surface area contributed by atoms with Crippen LogP contribution < -0.4 is 5.32 Å². The Morgan fingerprint density at radius 1 is 1.29 bits per heavy atom. The molecular formula is C14H30N2O. The van der Waals surface area contributed by atoms with Crippen LogP contribution in [0.5, 0.6) is 0 Å². The van der Waals surface area contributed by atoms with Crippen LogP contribution in [-0.4, -0.2) is 48.3 Å². The first-order chi connectivity index (χ1) is 8.01. The lowest BCUT2D eigenvalue weighted by molar-refractivity contribution is 0.160. The molecule has 1 fully saturated rings. The minimum Gasteiger partial charge on any atom is -0.396 e. The Balaban J connectivity index is 2.19. The van der Waals surface area contributed by atoms with E-state index in [9.17, 15) is 0 Å². The molecule has 102 valence electrons. The van der Waals surface area contributed by atoms with E-state index in [0.29, 0.717) is 6.61 Å². The highest BCUT2D eigenvalue weighted by Crippen LogP contribution is 2.17. The Bertz CT molecular complexity index is 201. The van der Waals surface area contributed by atoms with Crippen LogP contribution in [0.25, 0.3) is 0 Å². The summed E-state index contributed by atoms with van der Waals surface area (Å²) in [5.74, 6) is 0.803. The van der Waals surface area contributed by atoms with E-state index < -0.39 is 0 Å². The van der Waals surface area contributed by atoms with Crippen LogP contribution in [0.2, 0.25) is 0 Å². The summed E-state index contributed by atoms with van der Waals surface area (Å²) in [7, 11) is 0. The summed E-state index contributed by atoms with van der Waals surface area (Å²) in [5, 5.41) is 12.4. The van der Waals surface area contributed by atoms with Crippen molar-refractivity contribution in [2.45, 2.75) is 52.0 Å². The Morgan fingerprint density at radius 2 is 2.06 bits per heavy atom. The average Bonchev–Trinajstić information content (AvgIpc) is 2.27. The van der Waals surface area contributed by atoms with Crippen LogP contribution >= 0.6 is 0 Å². The standard InChI is InChI=1S/C14H30N2O/c1-14(2,3)15-11-13-7-6-9-16(12-13)8-4-5-10-17/h13,15,17H,4-12H2,1-3H3. The van der Waals surface area contributed by atoms with Crippen molar-refractivity contribution in [1.82, 2.24) is 10.2 Å². The first kappa shape index (κ1) is 14.9. The van der Waals surface area contributed by atoms with Gasteiger partial charge < -0.3 is 15.3 Å². The van der Waals surface area contributed by atoms with Gasteiger partial charge in [-0.25, -0.2) is 0 Å². The maximum absolute atomic E-state index is 8.79. The van der Waals surface area contributed by atoms with Gasteiger partial charge in [0, 0.05) is 18.7 Å². The quantitative estimate of drug-likeness (QED) is 0.698. The third-order valence-electron chi connectivity index (χ3n) is 3.41. The lowest BCUT2D eigenvalue weighted by atomic mass is 9.96. The molecular weight excluding hydrogens is 212 g/mol. The SMILES string of the molecule is CC(C)(C)NCC1CCCN(CCCCO)C1. The van der Waals surface area contributed by atoms with Crippen molar-refractivity contribution in [1.29, 1.82) is 0 Å². The first-order valence-electron chi connectivity index (χ1n) is 7.09. The number of rotatable bonds is 6. The average molecular weight is 242 g/mol. The zero-order valence-corrected chi connectivity index (χ0v) is 11.8. The lowest BCUT2D eigenvalue weighted by Crippen LogP contribution is -2.44. The van der Waals surface area contributed by atoms with Crippen LogP contribution in [-0.2, 0) is 0 Å². The van der Waals surface area contributed by atoms with Crippen molar-refractivity contribution in [3.8, 4) is 0 Å². The fraction of sp³-hybridized carbons (Fsp3) is 1.00. The molecule has 0 aromatic carbocycles. The Kier molecular flexibility index (Phi) is 6.45. The highest BCUT2D eigenvalue weighted by Gasteiger charge is 2.20. The van der Waals surface area contributed by atoms with E-state index in [2.05, 4.69) is 31.0 Å². The van der Waals surface area contributed by atoms with Gasteiger partial charge in [-0.15, -0.1) is 0 Å². The number of aliphatic hydroxyl groups excluding tert-OH is 1. The summed E-state index contributed by atoms with van der Waals surface area (Å²) in [5.41, 5.74) is 0.235. The van der Waals surface area contributed by atoms with Crippen molar-refractivity contribution in [3.05, 3.63) is 0 Å². The molecule has 0 spiro atoms. The van der Waals surface area contributed by atoms with Crippen LogP contribution in [0.4, 0.5) is 0 Å². The summed E-state index contributed by atoms with van der Waals surface area (Å²) in [6, 6.07) is 0. The highest BCUT2D eigenvalue weighted by molar-refractivity contribution is 4.78. The predicted molar refractivity (Wildman–Crippen MR) is 73.2 cm³/mol. The zero-order chi connectivity index (χ0) is 12.7. The van der Waals surface area contributed by atoms with E-state index in [-0.39, 0.29) is 5.54 Å². The van der Waals surface area contributed by atoms with Gasteiger partial charge >= 0.3 is 0 Å². The fourth-order valence-electron chi connectivity index (χ4n) is 2.42. The second kappa shape index (κ2) is 7.34. The van der Waals surface area contributed by atoms with Crippen molar-refractivity contribution >= 4 is 0 Å². The second-order valence-corrected chi connectivity index (χ2v) is 6.37. The Labute approximate surface area is 107 Å². The molecule has 2 N–H and O–H groups in total. The number of nitrogens with zero attached hydrogens (tertiary/aromatic N) is 1. The molecule has 0 aliphatic carbocycles. The first-order valence-corrected chi connectivity index (χ1v) is 7.09. The van der Waals surface area contributed by atoms with Gasteiger partial charge in [0.25, 0.3) is 0 Å². The molecule has 17 heavy (non-hydrogen) atoms. The van der Waals surface area contributed by atoms with Crippen molar-refractivity contribution in [2.24, 2.45) is 5.92 Å². The molecule has 0 aromatic rings. The Morgan fingerprint density at radius 3 is 2.71 bits per heavy atom. The maximum Gasteiger partial charge on any atom is 0.0431 e. The van der Waals surface area contributed by atoms with Crippen LogP contribution in [0.3, 0.4) is 0 Å². The molecule has 1 atom stereocenters. The van der Waals surface area contributed by atoms with E-state index in [1.54, 1.807) is 0 Å². The summed E-state index contributed by atoms with van der Waals surface area (Å²) in [4.78, 5) is 2.56. The van der Waals surface area contributed by atoms with Crippen LogP contribution in [0.1, 0.15) is 46.5 Å². The molecule has 0 bridgehead atoms. The normalized spacial score (nSPS) is 22.9. The van der Waals surface area contributed by atoms with Crippen LogP contribution in [0.15, 0.2) is 0 Å². The van der Waals surface area contributed by atoms with Gasteiger partial charge in [0.15, 0.2) is 0 Å². The molecule has 0 amide bonds. The lowest BCUT2D eigenvalue weighted by Gasteiger charge is -2.34. The molecule has 3 heteroatoms. The van der Waals surface area contributed by atoms with Gasteiger partial charge in [0.1, 0.15) is 0 Å². The summed E-state index contributed by atoms with van der Waals surface area (Å²) < 4.78 is 0. The largest absolute Gasteiger partial charge is 0.396 e.